The lowest BCUT2D eigenvalue weighted by molar-refractivity contribution is 0.728. The van der Waals surface area contributed by atoms with Gasteiger partial charge in [-0.05, 0) is 18.4 Å². The van der Waals surface area contributed by atoms with E-state index in [-0.39, 0.29) is 0 Å². The van der Waals surface area contributed by atoms with Crippen molar-refractivity contribution in [2.75, 3.05) is 6.54 Å². The normalized spacial score (nSPS) is 9.91. The summed E-state index contributed by atoms with van der Waals surface area (Å²) in [6, 6.07) is 0. The van der Waals surface area contributed by atoms with E-state index >= 15 is 0 Å². The van der Waals surface area contributed by atoms with Crippen LogP contribution in [0.15, 0.2) is 17.3 Å². The highest BCUT2D eigenvalue weighted by atomic mass is 15.1. The second-order valence-corrected chi connectivity index (χ2v) is 2.38. The van der Waals surface area contributed by atoms with Crippen LogP contribution < -0.4 is 0 Å². The Bertz CT molecular complexity index is 145. The third kappa shape index (κ3) is 9.05. The Hall–Kier alpha value is -0.950. The number of azide groups is 1. The van der Waals surface area contributed by atoms with Crippen molar-refractivity contribution in [3.05, 3.63) is 22.6 Å². The minimum absolute atomic E-state index is 0.489. The first-order chi connectivity index (χ1) is 5.41. The number of hydrogen-bond acceptors (Lipinski definition) is 1. The molecule has 0 aromatic rings. The van der Waals surface area contributed by atoms with Gasteiger partial charge in [-0.1, -0.05) is 37.0 Å². The summed E-state index contributed by atoms with van der Waals surface area (Å²) in [7, 11) is 0. The third-order valence-corrected chi connectivity index (χ3v) is 1.39. The lowest BCUT2D eigenvalue weighted by Gasteiger charge is -1.89. The van der Waals surface area contributed by atoms with Gasteiger partial charge in [0.1, 0.15) is 0 Å². The number of unbranched alkanes of at least 4 members (excludes halogenated alkanes) is 3. The molecular weight excluding hydrogens is 138 g/mol. The van der Waals surface area contributed by atoms with Crippen LogP contribution in [0, 0.1) is 0 Å². The van der Waals surface area contributed by atoms with E-state index in [2.05, 4.69) is 23.0 Å². The van der Waals surface area contributed by atoms with E-state index in [1.165, 1.54) is 19.3 Å². The second kappa shape index (κ2) is 9.05. The van der Waals surface area contributed by atoms with Crippen LogP contribution in [-0.2, 0) is 0 Å². The average Bonchev–Trinajstić information content (AvgIpc) is 2.03. The number of hydrogen-bond donors (Lipinski definition) is 0. The number of nitrogens with zero attached hydrogens (tertiary/aromatic N) is 3. The topological polar surface area (TPSA) is 48.8 Å². The predicted molar refractivity (Wildman–Crippen MR) is 47.3 cm³/mol. The van der Waals surface area contributed by atoms with Gasteiger partial charge >= 0.3 is 0 Å². The van der Waals surface area contributed by atoms with Crippen molar-refractivity contribution < 1.29 is 0 Å². The molecule has 0 radical (unpaired) electrons. The molecular formula is C8H15N3. The zero-order valence-electron chi connectivity index (χ0n) is 7.03. The van der Waals surface area contributed by atoms with Gasteiger partial charge < -0.3 is 0 Å². The molecule has 0 aliphatic rings. The van der Waals surface area contributed by atoms with E-state index in [9.17, 15) is 0 Å². The molecule has 3 nitrogen and oxygen atoms in total. The zero-order chi connectivity index (χ0) is 8.36. The molecule has 62 valence electrons. The maximum absolute atomic E-state index is 7.93. The molecule has 0 heterocycles. The summed E-state index contributed by atoms with van der Waals surface area (Å²) >= 11 is 0. The summed E-state index contributed by atoms with van der Waals surface area (Å²) in [6.07, 6.45) is 8.87. The van der Waals surface area contributed by atoms with Crippen LogP contribution in [0.5, 0.6) is 0 Å². The van der Waals surface area contributed by atoms with Gasteiger partial charge in [-0.25, -0.2) is 0 Å². The van der Waals surface area contributed by atoms with Crippen LogP contribution in [0.3, 0.4) is 0 Å². The molecule has 0 unspecified atom stereocenters. The molecule has 0 aliphatic heterocycles. The third-order valence-electron chi connectivity index (χ3n) is 1.39. The largest absolute Gasteiger partial charge is 0.0899 e. The molecule has 0 amide bonds. The maximum atomic E-state index is 7.93. The van der Waals surface area contributed by atoms with Crippen molar-refractivity contribution >= 4 is 0 Å². The smallest absolute Gasteiger partial charge is 0.0440 e. The highest BCUT2D eigenvalue weighted by Crippen LogP contribution is 1.99. The Labute approximate surface area is 67.7 Å². The predicted octanol–water partition coefficient (Wildman–Crippen LogP) is 3.43. The molecule has 0 aromatic heterocycles. The first-order valence-electron chi connectivity index (χ1n) is 4.07. The van der Waals surface area contributed by atoms with Crippen molar-refractivity contribution in [3.8, 4) is 0 Å². The summed E-state index contributed by atoms with van der Waals surface area (Å²) in [5, 5.41) is 3.38. The molecule has 0 bridgehead atoms. The number of allylic oxidation sites excluding steroid dienone is 1. The molecule has 3 heteroatoms. The van der Waals surface area contributed by atoms with E-state index < -0.39 is 0 Å². The minimum atomic E-state index is 0.489. The quantitative estimate of drug-likeness (QED) is 0.184. The Morgan fingerprint density at radius 1 is 1.36 bits per heavy atom. The Kier molecular flexibility index (Phi) is 8.27. The molecule has 11 heavy (non-hydrogen) atoms. The average molecular weight is 153 g/mol. The van der Waals surface area contributed by atoms with Gasteiger partial charge in [0.2, 0.25) is 0 Å². The van der Waals surface area contributed by atoms with Gasteiger partial charge in [0.15, 0.2) is 0 Å². The van der Waals surface area contributed by atoms with Crippen LogP contribution in [0.4, 0.5) is 0 Å². The summed E-state index contributed by atoms with van der Waals surface area (Å²) in [6.45, 7) is 2.67. The van der Waals surface area contributed by atoms with Gasteiger partial charge in [0.05, 0.1) is 0 Å². The van der Waals surface area contributed by atoms with Crippen LogP contribution in [0.25, 0.3) is 10.4 Å². The first kappa shape index (κ1) is 10.0. The van der Waals surface area contributed by atoms with E-state index in [4.69, 9.17) is 5.53 Å². The number of rotatable bonds is 6. The maximum Gasteiger partial charge on any atom is 0.0440 e. The van der Waals surface area contributed by atoms with Gasteiger partial charge in [-0.15, -0.1) is 0 Å². The Morgan fingerprint density at radius 3 is 2.82 bits per heavy atom. The van der Waals surface area contributed by atoms with Crippen molar-refractivity contribution in [2.24, 2.45) is 5.11 Å². The molecule has 0 aliphatic carbocycles. The fraction of sp³-hybridized carbons (Fsp3) is 0.750. The van der Waals surface area contributed by atoms with Crippen LogP contribution in [-0.4, -0.2) is 6.54 Å². The van der Waals surface area contributed by atoms with Crippen molar-refractivity contribution in [2.45, 2.75) is 32.6 Å². The van der Waals surface area contributed by atoms with E-state index in [0.29, 0.717) is 6.54 Å². The van der Waals surface area contributed by atoms with Gasteiger partial charge in [0.25, 0.3) is 0 Å². The van der Waals surface area contributed by atoms with E-state index in [0.717, 1.165) is 6.42 Å². The van der Waals surface area contributed by atoms with Crippen LogP contribution in [0.1, 0.15) is 32.6 Å². The van der Waals surface area contributed by atoms with Crippen molar-refractivity contribution in [1.82, 2.24) is 0 Å². The first-order valence-corrected chi connectivity index (χ1v) is 4.07. The molecule has 0 N–H and O–H groups in total. The monoisotopic (exact) mass is 153 g/mol. The second-order valence-electron chi connectivity index (χ2n) is 2.38. The fourth-order valence-corrected chi connectivity index (χ4v) is 0.788. The van der Waals surface area contributed by atoms with Gasteiger partial charge in [-0.3, -0.25) is 0 Å². The van der Waals surface area contributed by atoms with Crippen molar-refractivity contribution in [3.63, 3.8) is 0 Å². The van der Waals surface area contributed by atoms with Crippen LogP contribution >= 0.6 is 0 Å². The standard InChI is InChI=1S/C8H15N3/c1-2-3-4-5-6-7-8-10-11-9/h6-7H,2-5,8H2,1H3/b7-6-. The molecule has 0 atom stereocenters. The molecule has 0 rings (SSSR count). The summed E-state index contributed by atoms with van der Waals surface area (Å²) in [5.74, 6) is 0. The van der Waals surface area contributed by atoms with Gasteiger partial charge in [0, 0.05) is 11.5 Å². The SMILES string of the molecule is CCCCC/C=C\CN=[N+]=[N-]. The molecule has 0 aromatic carbocycles. The molecule has 0 saturated heterocycles. The van der Waals surface area contributed by atoms with E-state index in [1.807, 2.05) is 6.08 Å². The minimum Gasteiger partial charge on any atom is -0.0899 e. The van der Waals surface area contributed by atoms with E-state index in [1.54, 1.807) is 0 Å². The highest BCUT2D eigenvalue weighted by Gasteiger charge is 1.80. The lowest BCUT2D eigenvalue weighted by Crippen LogP contribution is -1.72. The summed E-state index contributed by atoms with van der Waals surface area (Å²) in [5.41, 5.74) is 7.93. The van der Waals surface area contributed by atoms with Crippen molar-refractivity contribution in [1.29, 1.82) is 0 Å². The highest BCUT2D eigenvalue weighted by molar-refractivity contribution is 4.83. The van der Waals surface area contributed by atoms with Gasteiger partial charge in [-0.2, -0.15) is 0 Å². The zero-order valence-corrected chi connectivity index (χ0v) is 7.03. The molecule has 0 saturated carbocycles. The van der Waals surface area contributed by atoms with Crippen LogP contribution in [0.2, 0.25) is 0 Å². The Balaban J connectivity index is 3.09. The Morgan fingerprint density at radius 2 is 2.18 bits per heavy atom. The fourth-order valence-electron chi connectivity index (χ4n) is 0.788. The molecule has 0 fully saturated rings. The lowest BCUT2D eigenvalue weighted by atomic mass is 10.2. The summed E-state index contributed by atoms with van der Waals surface area (Å²) in [4.78, 5) is 2.64. The molecule has 0 spiro atoms. The summed E-state index contributed by atoms with van der Waals surface area (Å²) < 4.78 is 0.